The molecule has 28 heavy (non-hydrogen) atoms. The Bertz CT molecular complexity index is 559. The molecule has 7 heteroatoms. The van der Waals surface area contributed by atoms with Crippen molar-refractivity contribution in [3.05, 3.63) is 24.3 Å². The number of carboxylic acids is 1. The third-order valence-electron chi connectivity index (χ3n) is 5.75. The van der Waals surface area contributed by atoms with Crippen molar-refractivity contribution < 1.29 is 59.5 Å². The zero-order valence-corrected chi connectivity index (χ0v) is 19.2. The molecule has 7 atom stereocenters. The van der Waals surface area contributed by atoms with E-state index in [0.717, 1.165) is 19.3 Å². The first-order valence-corrected chi connectivity index (χ1v) is 9.99. The largest absolute Gasteiger partial charge is 1.00 e. The van der Waals surface area contributed by atoms with E-state index >= 15 is 0 Å². The van der Waals surface area contributed by atoms with E-state index in [1.165, 1.54) is 13.0 Å². The van der Waals surface area contributed by atoms with Gasteiger partial charge in [0.15, 0.2) is 0 Å². The van der Waals surface area contributed by atoms with Gasteiger partial charge in [0.2, 0.25) is 0 Å². The molecular weight excluding hydrogens is 377 g/mol. The van der Waals surface area contributed by atoms with E-state index in [4.69, 9.17) is 9.84 Å². The van der Waals surface area contributed by atoms with Crippen molar-refractivity contribution in [3.63, 3.8) is 0 Å². The summed E-state index contributed by atoms with van der Waals surface area (Å²) in [6, 6.07) is 0. The van der Waals surface area contributed by atoms with Crippen LogP contribution in [0.1, 0.15) is 60.2 Å². The number of carbonyl (C=O) groups is 1. The number of allylic oxidation sites excluding steroid dienone is 2. The second kappa shape index (κ2) is 11.8. The van der Waals surface area contributed by atoms with Gasteiger partial charge in [0.25, 0.3) is 0 Å². The standard InChI is InChI=1S/C21H32F2O4.Na.H/c1-3-4-13-21(2,23)17(24)12-10-14-9-11-15-19(14)20(22)16(27-15)7-5-6-8-18(25)26;;/h5,7,10,12,14-17,19-20,24H,3-4,6,8-9,11,13H2,1-2H3,(H,25,26);;/q;+1;-1/b7-5+,12-10+;;/t14-,15+,16?,17-,19-,20?,21?;;/m1../s1. The monoisotopic (exact) mass is 410 g/mol. The molecule has 2 rings (SSSR count). The van der Waals surface area contributed by atoms with E-state index in [1.807, 2.05) is 6.92 Å². The smallest absolute Gasteiger partial charge is 1.00 e. The molecule has 4 nitrogen and oxygen atoms in total. The number of carboxylic acid groups (broad SMARTS) is 1. The van der Waals surface area contributed by atoms with Crippen molar-refractivity contribution >= 4 is 5.97 Å². The van der Waals surface area contributed by atoms with Crippen LogP contribution in [0, 0.1) is 11.8 Å². The van der Waals surface area contributed by atoms with Gasteiger partial charge in [-0.1, -0.05) is 44.1 Å². The number of ether oxygens (including phenoxy) is 1. The first-order chi connectivity index (χ1) is 12.8. The van der Waals surface area contributed by atoms with E-state index in [2.05, 4.69) is 0 Å². The number of rotatable bonds is 10. The van der Waals surface area contributed by atoms with Gasteiger partial charge in [-0.2, -0.15) is 0 Å². The summed E-state index contributed by atoms with van der Waals surface area (Å²) in [5, 5.41) is 18.8. The van der Waals surface area contributed by atoms with E-state index < -0.39 is 30.0 Å². The Kier molecular flexibility index (Phi) is 10.9. The van der Waals surface area contributed by atoms with Gasteiger partial charge < -0.3 is 16.4 Å². The van der Waals surface area contributed by atoms with Crippen molar-refractivity contribution in [2.45, 2.75) is 88.9 Å². The van der Waals surface area contributed by atoms with Gasteiger partial charge in [-0.3, -0.25) is 4.79 Å². The minimum Gasteiger partial charge on any atom is -1.00 e. The Balaban J connectivity index is 0.00000392. The van der Waals surface area contributed by atoms with Crippen LogP contribution < -0.4 is 29.6 Å². The molecule has 0 spiro atoms. The topological polar surface area (TPSA) is 66.8 Å². The van der Waals surface area contributed by atoms with Gasteiger partial charge in [0.1, 0.15) is 24.0 Å². The summed E-state index contributed by atoms with van der Waals surface area (Å²) in [6.07, 6.45) is 7.00. The zero-order valence-electron chi connectivity index (χ0n) is 18.2. The minimum absolute atomic E-state index is 0. The number of unbranched alkanes of at least 4 members (excludes halogenated alkanes) is 1. The molecule has 1 aliphatic carbocycles. The molecule has 0 amide bonds. The van der Waals surface area contributed by atoms with Crippen LogP contribution in [0.15, 0.2) is 24.3 Å². The molecule has 1 saturated heterocycles. The Hall–Kier alpha value is -0.270. The second-order valence-corrected chi connectivity index (χ2v) is 7.97. The van der Waals surface area contributed by atoms with Gasteiger partial charge in [-0.25, -0.2) is 8.78 Å². The van der Waals surface area contributed by atoms with Gasteiger partial charge in [-0.05, 0) is 38.5 Å². The van der Waals surface area contributed by atoms with Gasteiger partial charge in [0, 0.05) is 12.3 Å². The molecule has 0 aromatic carbocycles. The van der Waals surface area contributed by atoms with Gasteiger partial charge in [0.05, 0.1) is 6.10 Å². The Morgan fingerprint density at radius 3 is 2.75 bits per heavy atom. The normalized spacial score (nSPS) is 33.0. The van der Waals surface area contributed by atoms with Crippen LogP contribution in [-0.4, -0.2) is 46.3 Å². The molecule has 3 unspecified atom stereocenters. The molecule has 2 fully saturated rings. The van der Waals surface area contributed by atoms with E-state index in [0.29, 0.717) is 19.3 Å². The van der Waals surface area contributed by atoms with Crippen LogP contribution in [0.2, 0.25) is 0 Å². The quantitative estimate of drug-likeness (QED) is 0.423. The summed E-state index contributed by atoms with van der Waals surface area (Å²) in [6.45, 7) is 3.38. The average Bonchev–Trinajstić information content (AvgIpc) is 3.15. The maximum atomic E-state index is 14.8. The molecule has 2 N–H and O–H groups in total. The minimum atomic E-state index is -1.68. The van der Waals surface area contributed by atoms with Crippen LogP contribution >= 0.6 is 0 Å². The molecule has 1 saturated carbocycles. The fraction of sp³-hybridized carbons (Fsp3) is 0.762. The third-order valence-corrected chi connectivity index (χ3v) is 5.75. The fourth-order valence-electron chi connectivity index (χ4n) is 4.05. The van der Waals surface area contributed by atoms with Crippen molar-refractivity contribution in [1.82, 2.24) is 0 Å². The van der Waals surface area contributed by atoms with Crippen LogP contribution in [0.3, 0.4) is 0 Å². The summed E-state index contributed by atoms with van der Waals surface area (Å²) in [5.41, 5.74) is -1.68. The summed E-state index contributed by atoms with van der Waals surface area (Å²) in [5.74, 6) is -1.27. The predicted octanol–water partition coefficient (Wildman–Crippen LogP) is 1.49. The summed E-state index contributed by atoms with van der Waals surface area (Å²) >= 11 is 0. The number of fused-ring (bicyclic) bond motifs is 1. The van der Waals surface area contributed by atoms with Crippen LogP contribution in [0.4, 0.5) is 8.78 Å². The second-order valence-electron chi connectivity index (χ2n) is 7.97. The first kappa shape index (κ1) is 25.8. The molecule has 1 aliphatic heterocycles. The molecule has 156 valence electrons. The molecule has 0 aromatic rings. The van der Waals surface area contributed by atoms with Crippen molar-refractivity contribution in [3.8, 4) is 0 Å². The Labute approximate surface area is 190 Å². The molecule has 1 heterocycles. The number of aliphatic hydroxyl groups is 1. The number of hydrogen-bond acceptors (Lipinski definition) is 3. The average molecular weight is 410 g/mol. The summed E-state index contributed by atoms with van der Waals surface area (Å²) in [7, 11) is 0. The predicted molar refractivity (Wildman–Crippen MR) is 101 cm³/mol. The van der Waals surface area contributed by atoms with Crippen LogP contribution in [0.25, 0.3) is 0 Å². The van der Waals surface area contributed by atoms with E-state index in [9.17, 15) is 18.7 Å². The Morgan fingerprint density at radius 2 is 2.11 bits per heavy atom. The maximum Gasteiger partial charge on any atom is 1.00 e. The first-order valence-electron chi connectivity index (χ1n) is 9.99. The number of aliphatic carboxylic acids is 1. The molecule has 0 aromatic heterocycles. The summed E-state index contributed by atoms with van der Waals surface area (Å²) in [4.78, 5) is 10.5. The van der Waals surface area contributed by atoms with Gasteiger partial charge >= 0.3 is 35.5 Å². The third kappa shape index (κ3) is 6.91. The molecule has 0 radical (unpaired) electrons. The van der Waals surface area contributed by atoms with Crippen molar-refractivity contribution in [2.75, 3.05) is 0 Å². The maximum absolute atomic E-state index is 14.8. The summed E-state index contributed by atoms with van der Waals surface area (Å²) < 4.78 is 35.2. The number of halogens is 2. The van der Waals surface area contributed by atoms with Crippen LogP contribution in [0.5, 0.6) is 0 Å². The molecule has 0 bridgehead atoms. The van der Waals surface area contributed by atoms with Gasteiger partial charge in [-0.15, -0.1) is 0 Å². The Morgan fingerprint density at radius 1 is 1.39 bits per heavy atom. The fourth-order valence-corrected chi connectivity index (χ4v) is 4.05. The number of hydrogen-bond donors (Lipinski definition) is 2. The van der Waals surface area contributed by atoms with E-state index in [-0.39, 0.29) is 55.3 Å². The molecule has 2 aliphatic rings. The van der Waals surface area contributed by atoms with Crippen LogP contribution in [-0.2, 0) is 9.53 Å². The van der Waals surface area contributed by atoms with Crippen molar-refractivity contribution in [1.29, 1.82) is 0 Å². The van der Waals surface area contributed by atoms with E-state index in [1.54, 1.807) is 18.2 Å². The molecular formula is C21H33F2NaO4. The zero-order chi connectivity index (χ0) is 20.0. The number of alkyl halides is 2. The number of aliphatic hydroxyl groups excluding tert-OH is 1. The SMILES string of the molecule is CCCCC(C)(F)[C@H](O)/C=C/[C@H]1CC[C@@H]2OC(/C=C/CCC(=O)O)C(F)[C@@H]21.[H-].[Na+]. The van der Waals surface area contributed by atoms with Crippen molar-refractivity contribution in [2.24, 2.45) is 11.8 Å².